The molecule has 0 bridgehead atoms. The molecule has 0 aromatic carbocycles. The van der Waals surface area contributed by atoms with Crippen molar-refractivity contribution in [2.45, 2.75) is 314 Å². The van der Waals surface area contributed by atoms with E-state index in [1.165, 1.54) is 148 Å². The third-order valence-electron chi connectivity index (χ3n) is 14.5. The van der Waals surface area contributed by atoms with E-state index >= 15 is 0 Å². The van der Waals surface area contributed by atoms with Gasteiger partial charge in [0, 0.05) is 12.8 Å². The molecule has 11 heteroatoms. The molecule has 0 saturated carbocycles. The Kier molecular flexibility index (Phi) is 51.5. The number of rotatable bonds is 54. The van der Waals surface area contributed by atoms with Gasteiger partial charge in [0.2, 0.25) is 5.91 Å². The number of hydrogen-bond donors (Lipinski definition) is 6. The summed E-state index contributed by atoms with van der Waals surface area (Å²) in [5.41, 5.74) is 0. The van der Waals surface area contributed by atoms with Crippen LogP contribution in [-0.4, -0.2) is 100 Å². The van der Waals surface area contributed by atoms with Gasteiger partial charge in [-0.25, -0.2) is 0 Å². The monoisotopic (exact) mass is 1080 g/mol. The summed E-state index contributed by atoms with van der Waals surface area (Å²) < 4.78 is 16.7. The summed E-state index contributed by atoms with van der Waals surface area (Å²) in [6.45, 7) is 4.23. The lowest BCUT2D eigenvalue weighted by molar-refractivity contribution is -0.302. The minimum absolute atomic E-state index is 0.0139. The molecular formula is C66H117NO10. The summed E-state index contributed by atoms with van der Waals surface area (Å²) in [7, 11) is 0. The number of ether oxygens (including phenoxy) is 3. The molecule has 6 N–H and O–H groups in total. The van der Waals surface area contributed by atoms with E-state index in [0.29, 0.717) is 19.4 Å². The van der Waals surface area contributed by atoms with E-state index in [0.717, 1.165) is 96.3 Å². The maximum absolute atomic E-state index is 13.0. The molecule has 1 saturated heterocycles. The molecule has 446 valence electrons. The lowest BCUT2D eigenvalue weighted by atomic mass is 9.99. The molecule has 11 nitrogen and oxygen atoms in total. The van der Waals surface area contributed by atoms with Crippen LogP contribution in [0.15, 0.2) is 72.9 Å². The SMILES string of the molecule is CCCCC/C=C\C/C=C\CCCCCCCCCC(=O)OCCCCCCCCCCC/C=C\C/C=C\CCCCCCCCCC(=O)NC(COC1OC(CO)C(O)C(O)C1O)C(O)/C=C/CC/C=C/CCCCC. The molecule has 1 amide bonds. The van der Waals surface area contributed by atoms with E-state index in [4.69, 9.17) is 14.2 Å². The van der Waals surface area contributed by atoms with Gasteiger partial charge in [-0.3, -0.25) is 9.59 Å². The van der Waals surface area contributed by atoms with Gasteiger partial charge < -0.3 is 45.1 Å². The fourth-order valence-electron chi connectivity index (χ4n) is 9.45. The number of amides is 1. The predicted octanol–water partition coefficient (Wildman–Crippen LogP) is 15.2. The highest BCUT2D eigenvalue weighted by molar-refractivity contribution is 5.76. The zero-order valence-electron chi connectivity index (χ0n) is 49.2. The van der Waals surface area contributed by atoms with Crippen molar-refractivity contribution in [3.05, 3.63) is 72.9 Å². The number of unbranched alkanes of at least 4 members (excludes halogenated alkanes) is 30. The molecule has 1 aliphatic rings. The van der Waals surface area contributed by atoms with Crippen LogP contribution in [0.5, 0.6) is 0 Å². The fraction of sp³-hybridized carbons (Fsp3) is 0.788. The summed E-state index contributed by atoms with van der Waals surface area (Å²) in [4.78, 5) is 25.1. The maximum Gasteiger partial charge on any atom is 0.305 e. The van der Waals surface area contributed by atoms with Gasteiger partial charge in [-0.15, -0.1) is 0 Å². The standard InChI is InChI=1S/C66H117NO10/c1-3-5-7-9-11-13-14-15-16-24-28-31-34-38-42-46-50-54-62(71)75-55-51-47-43-39-35-32-29-26-23-21-19-17-18-20-22-25-27-30-33-37-41-45-49-53-61(70)67-58(59(69)52-48-44-40-36-12-10-8-6-4-2)57-76-66-65(74)64(73)63(72)60(56-68)77-66/h11-13,15-17,19-20,22,36,48,52,58-60,63-66,68-69,72-74H,3-10,14,18,21,23-35,37-47,49-51,53-57H2,1-2H3,(H,67,70)/b13-11-,16-15-,19-17-,22-20-,36-12+,52-48+. The molecule has 0 aromatic heterocycles. The average Bonchev–Trinajstić information content (AvgIpc) is 3.43. The number of nitrogens with one attached hydrogen (secondary N) is 1. The summed E-state index contributed by atoms with van der Waals surface area (Å²) in [6, 6.07) is -0.835. The molecule has 0 aliphatic carbocycles. The van der Waals surface area contributed by atoms with Gasteiger partial charge in [-0.2, -0.15) is 0 Å². The lowest BCUT2D eigenvalue weighted by Crippen LogP contribution is -2.60. The topological polar surface area (TPSA) is 175 Å². The number of aliphatic hydroxyl groups is 5. The summed E-state index contributed by atoms with van der Waals surface area (Å²) >= 11 is 0. The van der Waals surface area contributed by atoms with Crippen LogP contribution in [0, 0.1) is 0 Å². The lowest BCUT2D eigenvalue weighted by Gasteiger charge is -2.40. The molecule has 0 spiro atoms. The Balaban J connectivity index is 2.00. The number of aliphatic hydroxyl groups excluding tert-OH is 5. The average molecular weight is 1080 g/mol. The van der Waals surface area contributed by atoms with Gasteiger partial charge in [0.1, 0.15) is 24.4 Å². The number of allylic oxidation sites excluding steroid dienone is 11. The first-order valence-electron chi connectivity index (χ1n) is 31.7. The Labute approximate surface area is 471 Å². The van der Waals surface area contributed by atoms with Crippen molar-refractivity contribution >= 4 is 11.9 Å². The number of carbonyl (C=O) groups excluding carboxylic acids is 2. The van der Waals surface area contributed by atoms with Gasteiger partial charge in [-0.05, 0) is 109 Å². The second-order valence-electron chi connectivity index (χ2n) is 21.7. The molecule has 1 aliphatic heterocycles. The van der Waals surface area contributed by atoms with E-state index in [1.54, 1.807) is 6.08 Å². The van der Waals surface area contributed by atoms with E-state index < -0.39 is 49.5 Å². The molecule has 1 heterocycles. The normalized spacial score (nSPS) is 19.1. The predicted molar refractivity (Wildman–Crippen MR) is 319 cm³/mol. The van der Waals surface area contributed by atoms with Crippen LogP contribution >= 0.6 is 0 Å². The number of carbonyl (C=O) groups is 2. The van der Waals surface area contributed by atoms with Gasteiger partial charge >= 0.3 is 5.97 Å². The highest BCUT2D eigenvalue weighted by Gasteiger charge is 2.44. The quantitative estimate of drug-likeness (QED) is 0.0195. The minimum Gasteiger partial charge on any atom is -0.466 e. The van der Waals surface area contributed by atoms with Crippen molar-refractivity contribution in [2.75, 3.05) is 19.8 Å². The molecular weight excluding hydrogens is 967 g/mol. The molecule has 0 radical (unpaired) electrons. The third kappa shape index (κ3) is 44.5. The zero-order valence-corrected chi connectivity index (χ0v) is 49.2. The molecule has 7 unspecified atom stereocenters. The van der Waals surface area contributed by atoms with E-state index in [1.807, 2.05) is 6.08 Å². The number of hydrogen-bond acceptors (Lipinski definition) is 10. The van der Waals surface area contributed by atoms with E-state index in [2.05, 4.69) is 79.9 Å². The maximum atomic E-state index is 13.0. The summed E-state index contributed by atoms with van der Waals surface area (Å²) in [6.07, 6.45) is 63.1. The van der Waals surface area contributed by atoms with E-state index in [9.17, 15) is 35.1 Å². The summed E-state index contributed by atoms with van der Waals surface area (Å²) in [5.74, 6) is -0.220. The van der Waals surface area contributed by atoms with Crippen molar-refractivity contribution in [3.8, 4) is 0 Å². The second-order valence-corrected chi connectivity index (χ2v) is 21.7. The Morgan fingerprint density at radius 3 is 1.36 bits per heavy atom. The van der Waals surface area contributed by atoms with Crippen LogP contribution in [0.3, 0.4) is 0 Å². The minimum atomic E-state index is -1.58. The van der Waals surface area contributed by atoms with Gasteiger partial charge in [0.25, 0.3) is 0 Å². The molecule has 77 heavy (non-hydrogen) atoms. The number of esters is 1. The summed E-state index contributed by atoms with van der Waals surface area (Å²) in [5, 5.41) is 54.2. The van der Waals surface area contributed by atoms with Crippen LogP contribution in [0.1, 0.15) is 271 Å². The first-order valence-corrected chi connectivity index (χ1v) is 31.7. The van der Waals surface area contributed by atoms with Crippen LogP contribution in [-0.2, 0) is 23.8 Å². The van der Waals surface area contributed by atoms with Gasteiger partial charge in [0.15, 0.2) is 6.29 Å². The fourth-order valence-corrected chi connectivity index (χ4v) is 9.45. The van der Waals surface area contributed by atoms with Gasteiger partial charge in [0.05, 0.1) is 32.0 Å². The van der Waals surface area contributed by atoms with Gasteiger partial charge in [-0.1, -0.05) is 222 Å². The second kappa shape index (κ2) is 55.0. The smallest absolute Gasteiger partial charge is 0.305 e. The Morgan fingerprint density at radius 1 is 0.481 bits per heavy atom. The van der Waals surface area contributed by atoms with Crippen molar-refractivity contribution in [2.24, 2.45) is 0 Å². The first-order chi connectivity index (χ1) is 37.7. The van der Waals surface area contributed by atoms with Crippen LogP contribution in [0.4, 0.5) is 0 Å². The highest BCUT2D eigenvalue weighted by atomic mass is 16.7. The van der Waals surface area contributed by atoms with Crippen LogP contribution < -0.4 is 5.32 Å². The largest absolute Gasteiger partial charge is 0.466 e. The zero-order chi connectivity index (χ0) is 55.9. The van der Waals surface area contributed by atoms with Crippen molar-refractivity contribution in [3.63, 3.8) is 0 Å². The van der Waals surface area contributed by atoms with Crippen LogP contribution in [0.2, 0.25) is 0 Å². The van der Waals surface area contributed by atoms with Crippen LogP contribution in [0.25, 0.3) is 0 Å². The Morgan fingerprint density at radius 2 is 0.883 bits per heavy atom. The molecule has 1 rings (SSSR count). The van der Waals surface area contributed by atoms with Crippen molar-refractivity contribution in [1.82, 2.24) is 5.32 Å². The molecule has 7 atom stereocenters. The highest BCUT2D eigenvalue weighted by Crippen LogP contribution is 2.23. The first kappa shape index (κ1) is 72.1. The van der Waals surface area contributed by atoms with Crippen molar-refractivity contribution in [1.29, 1.82) is 0 Å². The third-order valence-corrected chi connectivity index (χ3v) is 14.5. The Bertz CT molecular complexity index is 1510. The van der Waals surface area contributed by atoms with E-state index in [-0.39, 0.29) is 18.5 Å². The Hall–Kier alpha value is -2.90. The molecule has 0 aromatic rings. The van der Waals surface area contributed by atoms with Crippen molar-refractivity contribution < 1.29 is 49.3 Å². The molecule has 1 fully saturated rings.